The van der Waals surface area contributed by atoms with E-state index < -0.39 is 0 Å². The summed E-state index contributed by atoms with van der Waals surface area (Å²) in [7, 11) is 3.78. The molecule has 1 unspecified atom stereocenters. The molecule has 1 amide bonds. The van der Waals surface area contributed by atoms with E-state index in [-0.39, 0.29) is 17.8 Å². The van der Waals surface area contributed by atoms with Crippen molar-refractivity contribution in [2.75, 3.05) is 20.6 Å². The van der Waals surface area contributed by atoms with Crippen LogP contribution in [0.4, 0.5) is 4.39 Å². The number of rotatable bonds is 5. The van der Waals surface area contributed by atoms with Crippen LogP contribution in [0.25, 0.3) is 0 Å². The van der Waals surface area contributed by atoms with E-state index in [1.807, 2.05) is 25.1 Å². The van der Waals surface area contributed by atoms with E-state index in [2.05, 4.69) is 5.32 Å². The van der Waals surface area contributed by atoms with Gasteiger partial charge < -0.3 is 14.6 Å². The normalized spacial score (nSPS) is 12.4. The number of nitrogens with zero attached hydrogens (tertiary/aromatic N) is 1. The smallest absolute Gasteiger partial charge is 0.254 e. The number of carbonyl (C=O) groups excluding carboxylic acids is 1. The van der Waals surface area contributed by atoms with Gasteiger partial charge in [0.2, 0.25) is 0 Å². The number of likely N-dealkylation sites (N-methyl/N-ethyl adjacent to an activating group) is 1. The molecule has 20 heavy (non-hydrogen) atoms. The van der Waals surface area contributed by atoms with Crippen LogP contribution in [0.3, 0.4) is 0 Å². The molecule has 1 heterocycles. The Morgan fingerprint density at radius 1 is 1.40 bits per heavy atom. The molecule has 0 saturated carbocycles. The lowest BCUT2D eigenvalue weighted by molar-refractivity contribution is 0.0941. The molecule has 0 fully saturated rings. The van der Waals surface area contributed by atoms with Gasteiger partial charge in [-0.15, -0.1) is 0 Å². The van der Waals surface area contributed by atoms with Crippen molar-refractivity contribution < 1.29 is 13.6 Å². The van der Waals surface area contributed by atoms with Crippen molar-refractivity contribution in [3.8, 4) is 0 Å². The van der Waals surface area contributed by atoms with Gasteiger partial charge in [-0.2, -0.15) is 0 Å². The summed E-state index contributed by atoms with van der Waals surface area (Å²) < 4.78 is 18.2. The lowest BCUT2D eigenvalue weighted by Gasteiger charge is -2.25. The minimum atomic E-state index is -0.282. The topological polar surface area (TPSA) is 45.5 Å². The van der Waals surface area contributed by atoms with Crippen molar-refractivity contribution in [1.29, 1.82) is 0 Å². The summed E-state index contributed by atoms with van der Waals surface area (Å²) in [6, 6.07) is 7.90. The van der Waals surface area contributed by atoms with Crippen LogP contribution in [-0.4, -0.2) is 31.4 Å². The molecule has 1 N–H and O–H groups in total. The van der Waals surface area contributed by atoms with E-state index in [0.717, 1.165) is 5.56 Å². The fourth-order valence-electron chi connectivity index (χ4n) is 2.00. The van der Waals surface area contributed by atoms with Crippen molar-refractivity contribution in [3.05, 3.63) is 59.8 Å². The first-order valence-corrected chi connectivity index (χ1v) is 6.30. The Kier molecular flexibility index (Phi) is 4.53. The molecule has 0 aliphatic carbocycles. The summed E-state index contributed by atoms with van der Waals surface area (Å²) in [5.74, 6) is -0.488. The van der Waals surface area contributed by atoms with Gasteiger partial charge in [0.15, 0.2) is 0 Å². The van der Waals surface area contributed by atoms with Gasteiger partial charge in [-0.25, -0.2) is 4.39 Å². The standard InChI is InChI=1S/C15H17FN2O2/c1-18(2)14(11-4-3-5-13(16)8-11)9-17-15(19)12-6-7-20-10-12/h3-8,10,14H,9H2,1-2H3,(H,17,19). The Labute approximate surface area is 117 Å². The predicted molar refractivity (Wildman–Crippen MR) is 73.9 cm³/mol. The third-order valence-electron chi connectivity index (χ3n) is 3.10. The highest BCUT2D eigenvalue weighted by molar-refractivity contribution is 5.93. The Hall–Kier alpha value is -2.14. The number of hydrogen-bond acceptors (Lipinski definition) is 3. The summed E-state index contributed by atoms with van der Waals surface area (Å²) in [5, 5.41) is 2.82. The van der Waals surface area contributed by atoms with Crippen molar-refractivity contribution in [3.63, 3.8) is 0 Å². The van der Waals surface area contributed by atoms with Gasteiger partial charge in [0.25, 0.3) is 5.91 Å². The van der Waals surface area contributed by atoms with Gasteiger partial charge in [-0.3, -0.25) is 4.79 Å². The number of amides is 1. The van der Waals surface area contributed by atoms with Crippen molar-refractivity contribution >= 4 is 5.91 Å². The Morgan fingerprint density at radius 2 is 2.20 bits per heavy atom. The summed E-state index contributed by atoms with van der Waals surface area (Å²) in [4.78, 5) is 13.8. The van der Waals surface area contributed by atoms with E-state index in [4.69, 9.17) is 4.42 Å². The first-order chi connectivity index (χ1) is 9.58. The minimum absolute atomic E-state index is 0.0958. The van der Waals surface area contributed by atoms with E-state index in [0.29, 0.717) is 12.1 Å². The molecule has 0 aliphatic heterocycles. The molecule has 5 heteroatoms. The summed E-state index contributed by atoms with van der Waals surface area (Å²) in [6.07, 6.45) is 2.84. The quantitative estimate of drug-likeness (QED) is 0.912. The fourth-order valence-corrected chi connectivity index (χ4v) is 2.00. The van der Waals surface area contributed by atoms with E-state index in [1.165, 1.54) is 24.7 Å². The molecule has 2 rings (SSSR count). The van der Waals surface area contributed by atoms with Gasteiger partial charge in [0.1, 0.15) is 12.1 Å². The average molecular weight is 276 g/mol. The number of furan rings is 1. The summed E-state index contributed by atoms with van der Waals surface area (Å²) in [6.45, 7) is 0.389. The van der Waals surface area contributed by atoms with Gasteiger partial charge in [0, 0.05) is 6.54 Å². The number of halogens is 1. The van der Waals surface area contributed by atoms with Gasteiger partial charge in [0.05, 0.1) is 17.9 Å². The Morgan fingerprint density at radius 3 is 2.80 bits per heavy atom. The third-order valence-corrected chi connectivity index (χ3v) is 3.10. The van der Waals surface area contributed by atoms with Crippen molar-refractivity contribution in [2.24, 2.45) is 0 Å². The van der Waals surface area contributed by atoms with Crippen molar-refractivity contribution in [2.45, 2.75) is 6.04 Å². The zero-order valence-electron chi connectivity index (χ0n) is 11.5. The average Bonchev–Trinajstić information content (AvgIpc) is 2.92. The molecule has 0 bridgehead atoms. The highest BCUT2D eigenvalue weighted by Crippen LogP contribution is 2.18. The SMILES string of the molecule is CN(C)C(CNC(=O)c1ccoc1)c1cccc(F)c1. The van der Waals surface area contributed by atoms with E-state index in [9.17, 15) is 9.18 Å². The first kappa shape index (κ1) is 14.3. The monoisotopic (exact) mass is 276 g/mol. The van der Waals surface area contributed by atoms with Crippen LogP contribution in [-0.2, 0) is 0 Å². The molecule has 1 atom stereocenters. The number of benzene rings is 1. The van der Waals surface area contributed by atoms with Crippen LogP contribution in [0.1, 0.15) is 22.0 Å². The molecule has 0 aliphatic rings. The molecule has 1 aromatic heterocycles. The van der Waals surface area contributed by atoms with Crippen LogP contribution in [0.5, 0.6) is 0 Å². The molecule has 106 valence electrons. The molecule has 2 aromatic rings. The zero-order valence-corrected chi connectivity index (χ0v) is 11.5. The van der Waals surface area contributed by atoms with Crippen molar-refractivity contribution in [1.82, 2.24) is 10.2 Å². The second kappa shape index (κ2) is 6.34. The van der Waals surface area contributed by atoms with Crippen LogP contribution >= 0.6 is 0 Å². The highest BCUT2D eigenvalue weighted by Gasteiger charge is 2.16. The molecule has 1 aromatic carbocycles. The van der Waals surface area contributed by atoms with Gasteiger partial charge in [-0.05, 0) is 37.9 Å². The molecule has 0 spiro atoms. The molecule has 4 nitrogen and oxygen atoms in total. The maximum absolute atomic E-state index is 13.3. The van der Waals surface area contributed by atoms with E-state index in [1.54, 1.807) is 12.1 Å². The number of hydrogen-bond donors (Lipinski definition) is 1. The minimum Gasteiger partial charge on any atom is -0.472 e. The number of carbonyl (C=O) groups is 1. The number of nitrogens with one attached hydrogen (secondary N) is 1. The van der Waals surface area contributed by atoms with Crippen LogP contribution in [0, 0.1) is 5.82 Å². The molecular weight excluding hydrogens is 259 g/mol. The molecule has 0 saturated heterocycles. The molecular formula is C15H17FN2O2. The van der Waals surface area contributed by atoms with Gasteiger partial charge >= 0.3 is 0 Å². The van der Waals surface area contributed by atoms with Crippen LogP contribution in [0.2, 0.25) is 0 Å². The second-order valence-corrected chi connectivity index (χ2v) is 4.76. The second-order valence-electron chi connectivity index (χ2n) is 4.76. The molecule has 0 radical (unpaired) electrons. The summed E-state index contributed by atoms with van der Waals surface area (Å²) >= 11 is 0. The van der Waals surface area contributed by atoms with Crippen LogP contribution < -0.4 is 5.32 Å². The predicted octanol–water partition coefficient (Wildman–Crippen LogP) is 2.45. The largest absolute Gasteiger partial charge is 0.472 e. The third kappa shape index (κ3) is 3.45. The maximum atomic E-state index is 13.3. The van der Waals surface area contributed by atoms with E-state index >= 15 is 0 Å². The summed E-state index contributed by atoms with van der Waals surface area (Å²) in [5.41, 5.74) is 1.30. The van der Waals surface area contributed by atoms with Crippen LogP contribution in [0.15, 0.2) is 47.3 Å². The Bertz CT molecular complexity index is 567. The highest BCUT2D eigenvalue weighted by atomic mass is 19.1. The lowest BCUT2D eigenvalue weighted by Crippen LogP contribution is -2.34. The lowest BCUT2D eigenvalue weighted by atomic mass is 10.1. The Balaban J connectivity index is 2.05. The fraction of sp³-hybridized carbons (Fsp3) is 0.267. The zero-order chi connectivity index (χ0) is 14.5. The maximum Gasteiger partial charge on any atom is 0.254 e. The van der Waals surface area contributed by atoms with Gasteiger partial charge in [-0.1, -0.05) is 12.1 Å². The first-order valence-electron chi connectivity index (χ1n) is 6.30.